The molecule has 2 aliphatic heterocycles. The van der Waals surface area contributed by atoms with Crippen LogP contribution in [-0.4, -0.2) is 59.1 Å². The van der Waals surface area contributed by atoms with E-state index >= 15 is 0 Å². The van der Waals surface area contributed by atoms with Gasteiger partial charge in [0.25, 0.3) is 5.91 Å². The summed E-state index contributed by atoms with van der Waals surface area (Å²) in [6, 6.07) is 7.56. The molecule has 23 heavy (non-hydrogen) atoms. The van der Waals surface area contributed by atoms with Crippen molar-refractivity contribution in [3.8, 4) is 0 Å². The number of rotatable bonds is 3. The van der Waals surface area contributed by atoms with Crippen LogP contribution in [0.2, 0.25) is 0 Å². The highest BCUT2D eigenvalue weighted by molar-refractivity contribution is 5.91. The fourth-order valence-electron chi connectivity index (χ4n) is 3.44. The van der Waals surface area contributed by atoms with E-state index in [1.54, 1.807) is 18.3 Å². The third-order valence-electron chi connectivity index (χ3n) is 4.50. The Balaban J connectivity index is 1.47. The zero-order chi connectivity index (χ0) is 15.6. The van der Waals surface area contributed by atoms with Gasteiger partial charge in [-0.05, 0) is 23.8 Å². The van der Waals surface area contributed by atoms with Gasteiger partial charge in [-0.2, -0.15) is 0 Å². The van der Waals surface area contributed by atoms with Gasteiger partial charge in [-0.15, -0.1) is 0 Å². The molecule has 2 saturated heterocycles. The van der Waals surface area contributed by atoms with Crippen molar-refractivity contribution in [1.82, 2.24) is 14.8 Å². The van der Waals surface area contributed by atoms with Crippen molar-refractivity contribution < 1.29 is 13.9 Å². The molecular formula is C17H19N3O3. The smallest absolute Gasteiger partial charge is 0.290 e. The lowest BCUT2D eigenvalue weighted by molar-refractivity contribution is -0.0380. The molecular weight excluding hydrogens is 294 g/mol. The van der Waals surface area contributed by atoms with Crippen LogP contribution in [0.4, 0.5) is 0 Å². The number of hydrogen-bond donors (Lipinski definition) is 0. The van der Waals surface area contributed by atoms with E-state index in [1.807, 2.05) is 17.2 Å². The van der Waals surface area contributed by atoms with Crippen LogP contribution in [0.15, 0.2) is 47.3 Å². The highest BCUT2D eigenvalue weighted by Gasteiger charge is 2.42. The van der Waals surface area contributed by atoms with Crippen LogP contribution in [0.5, 0.6) is 0 Å². The molecule has 0 N–H and O–H groups in total. The number of carbonyl (C=O) groups excluding carboxylic acids is 1. The van der Waals surface area contributed by atoms with Gasteiger partial charge in [0.05, 0.1) is 25.0 Å². The lowest BCUT2D eigenvalue weighted by atomic mass is 10.1. The maximum atomic E-state index is 12.6. The quantitative estimate of drug-likeness (QED) is 0.857. The van der Waals surface area contributed by atoms with Gasteiger partial charge in [-0.25, -0.2) is 0 Å². The Morgan fingerprint density at radius 2 is 2.26 bits per heavy atom. The predicted molar refractivity (Wildman–Crippen MR) is 82.8 cm³/mol. The zero-order valence-corrected chi connectivity index (χ0v) is 12.8. The van der Waals surface area contributed by atoms with E-state index < -0.39 is 0 Å². The first-order chi connectivity index (χ1) is 11.3. The van der Waals surface area contributed by atoms with Crippen LogP contribution >= 0.6 is 0 Å². The summed E-state index contributed by atoms with van der Waals surface area (Å²) in [5.74, 6) is 0.355. The van der Waals surface area contributed by atoms with Crippen molar-refractivity contribution in [3.63, 3.8) is 0 Å². The molecule has 2 aromatic heterocycles. The highest BCUT2D eigenvalue weighted by Crippen LogP contribution is 2.25. The molecule has 2 aliphatic rings. The maximum absolute atomic E-state index is 12.6. The molecule has 0 radical (unpaired) electrons. The lowest BCUT2D eigenvalue weighted by Crippen LogP contribution is -2.53. The third kappa shape index (κ3) is 2.87. The van der Waals surface area contributed by atoms with E-state index in [-0.39, 0.29) is 18.1 Å². The molecule has 6 heteroatoms. The van der Waals surface area contributed by atoms with Crippen LogP contribution in [0.1, 0.15) is 16.1 Å². The van der Waals surface area contributed by atoms with Crippen LogP contribution in [0.3, 0.4) is 0 Å². The van der Waals surface area contributed by atoms with E-state index in [0.717, 1.165) is 19.6 Å². The number of morpholine rings is 1. The fourth-order valence-corrected chi connectivity index (χ4v) is 3.44. The lowest BCUT2D eigenvalue weighted by Gasteiger charge is -2.36. The Kier molecular flexibility index (Phi) is 3.85. The summed E-state index contributed by atoms with van der Waals surface area (Å²) in [5.41, 5.74) is 1.18. The van der Waals surface area contributed by atoms with E-state index in [4.69, 9.17) is 9.15 Å². The van der Waals surface area contributed by atoms with Crippen LogP contribution in [0.25, 0.3) is 0 Å². The van der Waals surface area contributed by atoms with E-state index in [2.05, 4.69) is 16.0 Å². The number of likely N-dealkylation sites (tertiary alicyclic amines) is 1. The zero-order valence-electron chi connectivity index (χ0n) is 12.8. The molecule has 4 rings (SSSR count). The van der Waals surface area contributed by atoms with Crippen molar-refractivity contribution in [3.05, 3.63) is 54.2 Å². The first kappa shape index (κ1) is 14.4. The first-order valence-corrected chi connectivity index (χ1v) is 7.88. The predicted octanol–water partition coefficient (Wildman–Crippen LogP) is 1.40. The van der Waals surface area contributed by atoms with Crippen molar-refractivity contribution >= 4 is 5.91 Å². The van der Waals surface area contributed by atoms with Gasteiger partial charge in [0, 0.05) is 38.6 Å². The molecule has 2 atom stereocenters. The Morgan fingerprint density at radius 3 is 3.04 bits per heavy atom. The van der Waals surface area contributed by atoms with Crippen molar-refractivity contribution in [2.75, 3.05) is 26.2 Å². The molecule has 2 aromatic rings. The number of aromatic nitrogens is 1. The van der Waals surface area contributed by atoms with Gasteiger partial charge in [0.2, 0.25) is 0 Å². The molecule has 120 valence electrons. The number of amides is 1. The average Bonchev–Trinajstić information content (AvgIpc) is 3.24. The molecule has 0 bridgehead atoms. The normalized spacial score (nSPS) is 24.6. The Hall–Kier alpha value is -2.18. The topological polar surface area (TPSA) is 58.8 Å². The van der Waals surface area contributed by atoms with E-state index in [0.29, 0.717) is 18.9 Å². The SMILES string of the molecule is O=C(c1ccco1)N1CCO[C@H]2CN(Cc3cccnc3)C[C@H]21. The summed E-state index contributed by atoms with van der Waals surface area (Å²) in [6.45, 7) is 3.66. The van der Waals surface area contributed by atoms with Gasteiger partial charge in [0.1, 0.15) is 0 Å². The molecule has 1 amide bonds. The van der Waals surface area contributed by atoms with Crippen molar-refractivity contribution in [2.45, 2.75) is 18.7 Å². The Labute approximate surface area is 134 Å². The number of fused-ring (bicyclic) bond motifs is 1. The Bertz CT molecular complexity index is 659. The van der Waals surface area contributed by atoms with Gasteiger partial charge in [0.15, 0.2) is 5.76 Å². The number of ether oxygens (including phenoxy) is 1. The molecule has 0 unspecified atom stereocenters. The summed E-state index contributed by atoms with van der Waals surface area (Å²) in [6.07, 6.45) is 5.27. The molecule has 2 fully saturated rings. The molecule has 0 spiro atoms. The summed E-state index contributed by atoms with van der Waals surface area (Å²) in [5, 5.41) is 0. The number of nitrogens with zero attached hydrogens (tertiary/aromatic N) is 3. The van der Waals surface area contributed by atoms with Gasteiger partial charge < -0.3 is 14.1 Å². The molecule has 0 aromatic carbocycles. The fraction of sp³-hybridized carbons (Fsp3) is 0.412. The summed E-state index contributed by atoms with van der Waals surface area (Å²) >= 11 is 0. The van der Waals surface area contributed by atoms with Crippen LogP contribution in [-0.2, 0) is 11.3 Å². The second-order valence-electron chi connectivity index (χ2n) is 6.01. The molecule has 0 saturated carbocycles. The van der Waals surface area contributed by atoms with Gasteiger partial charge >= 0.3 is 0 Å². The monoisotopic (exact) mass is 313 g/mol. The maximum Gasteiger partial charge on any atom is 0.290 e. The van der Waals surface area contributed by atoms with Crippen molar-refractivity contribution in [1.29, 1.82) is 0 Å². The minimum absolute atomic E-state index is 0.0449. The number of furan rings is 1. The Morgan fingerprint density at radius 1 is 1.30 bits per heavy atom. The van der Waals surface area contributed by atoms with E-state index in [9.17, 15) is 4.79 Å². The molecule has 6 nitrogen and oxygen atoms in total. The van der Waals surface area contributed by atoms with Crippen molar-refractivity contribution in [2.24, 2.45) is 0 Å². The average molecular weight is 313 g/mol. The van der Waals surface area contributed by atoms with E-state index in [1.165, 1.54) is 11.8 Å². The van der Waals surface area contributed by atoms with Crippen LogP contribution < -0.4 is 0 Å². The highest BCUT2D eigenvalue weighted by atomic mass is 16.5. The summed E-state index contributed by atoms with van der Waals surface area (Å²) in [4.78, 5) is 21.0. The van der Waals surface area contributed by atoms with Gasteiger partial charge in [-0.3, -0.25) is 14.7 Å². The van der Waals surface area contributed by atoms with Crippen LogP contribution in [0, 0.1) is 0 Å². The minimum atomic E-state index is -0.0449. The second-order valence-corrected chi connectivity index (χ2v) is 6.01. The number of pyridine rings is 1. The standard InChI is InChI=1S/C17H19N3O3/c21-17(15-4-2-7-22-15)20-6-8-23-16-12-19(11-14(16)20)10-13-3-1-5-18-9-13/h1-5,7,9,14,16H,6,8,10-12H2/t14-,16+/m1/s1. The molecule has 0 aliphatic carbocycles. The third-order valence-corrected chi connectivity index (χ3v) is 4.50. The van der Waals surface area contributed by atoms with Gasteiger partial charge in [-0.1, -0.05) is 6.07 Å². The second kappa shape index (κ2) is 6.14. The largest absolute Gasteiger partial charge is 0.459 e. The summed E-state index contributed by atoms with van der Waals surface area (Å²) in [7, 11) is 0. The minimum Gasteiger partial charge on any atom is -0.459 e. The first-order valence-electron chi connectivity index (χ1n) is 7.88. The molecule has 4 heterocycles. The summed E-state index contributed by atoms with van der Waals surface area (Å²) < 4.78 is 11.2. The number of hydrogen-bond acceptors (Lipinski definition) is 5. The number of carbonyl (C=O) groups is 1.